The molecule has 2 nitrogen and oxygen atoms in total. The lowest BCUT2D eigenvalue weighted by Gasteiger charge is -2.27. The summed E-state index contributed by atoms with van der Waals surface area (Å²) >= 11 is 0. The van der Waals surface area contributed by atoms with Crippen molar-refractivity contribution in [3.05, 3.63) is 175 Å². The molecule has 0 aliphatic heterocycles. The first-order valence-electron chi connectivity index (χ1n) is 14.3. The summed E-state index contributed by atoms with van der Waals surface area (Å²) < 4.78 is 0. The van der Waals surface area contributed by atoms with Gasteiger partial charge in [0.15, 0.2) is 0 Å². The van der Waals surface area contributed by atoms with E-state index < -0.39 is 0 Å². The molecule has 0 fully saturated rings. The molecule has 0 bridgehead atoms. The average molecular weight is 543 g/mol. The van der Waals surface area contributed by atoms with Gasteiger partial charge < -0.3 is 9.80 Å². The van der Waals surface area contributed by atoms with Crippen LogP contribution in [0.25, 0.3) is 17.2 Å². The van der Waals surface area contributed by atoms with Crippen molar-refractivity contribution in [2.45, 2.75) is 13.8 Å². The van der Waals surface area contributed by atoms with E-state index in [4.69, 9.17) is 0 Å². The molecule has 6 aromatic rings. The van der Waals surface area contributed by atoms with Crippen LogP contribution in [0.2, 0.25) is 0 Å². The zero-order chi connectivity index (χ0) is 28.9. The van der Waals surface area contributed by atoms with Gasteiger partial charge in [0.1, 0.15) is 0 Å². The van der Waals surface area contributed by atoms with Crippen LogP contribution >= 0.6 is 0 Å². The summed E-state index contributed by atoms with van der Waals surface area (Å²) in [6.45, 7) is 8.45. The predicted octanol–water partition coefficient (Wildman–Crippen LogP) is 11.6. The van der Waals surface area contributed by atoms with Gasteiger partial charge in [-0.15, -0.1) is 0 Å². The maximum atomic E-state index is 4.18. The van der Waals surface area contributed by atoms with Gasteiger partial charge in [0.05, 0.1) is 0 Å². The van der Waals surface area contributed by atoms with Crippen LogP contribution in [0, 0.1) is 13.8 Å². The third-order valence-electron chi connectivity index (χ3n) is 7.50. The first-order valence-corrected chi connectivity index (χ1v) is 14.3. The number of benzene rings is 6. The van der Waals surface area contributed by atoms with E-state index in [1.54, 1.807) is 0 Å². The third-order valence-corrected chi connectivity index (χ3v) is 7.50. The van der Waals surface area contributed by atoms with Crippen LogP contribution in [0.5, 0.6) is 0 Å². The Balaban J connectivity index is 1.38. The summed E-state index contributed by atoms with van der Waals surface area (Å²) in [5.74, 6) is 0. The smallest absolute Gasteiger partial charge is 0.0468 e. The summed E-state index contributed by atoms with van der Waals surface area (Å²) in [4.78, 5) is 4.60. The first kappa shape index (κ1) is 26.9. The highest BCUT2D eigenvalue weighted by Gasteiger charge is 2.16. The molecule has 0 saturated carbocycles. The minimum absolute atomic E-state index is 1.09. The lowest BCUT2D eigenvalue weighted by atomic mass is 9.97. The summed E-state index contributed by atoms with van der Waals surface area (Å²) in [7, 11) is 0. The van der Waals surface area contributed by atoms with Crippen LogP contribution in [0.1, 0.15) is 16.7 Å². The van der Waals surface area contributed by atoms with Gasteiger partial charge in [0.2, 0.25) is 0 Å². The topological polar surface area (TPSA) is 6.48 Å². The van der Waals surface area contributed by atoms with Crippen LogP contribution in [0.3, 0.4) is 0 Å². The van der Waals surface area contributed by atoms with Gasteiger partial charge in [-0.3, -0.25) is 0 Å². The van der Waals surface area contributed by atoms with E-state index >= 15 is 0 Å². The number of aryl methyl sites for hydroxylation is 2. The van der Waals surface area contributed by atoms with E-state index in [1.807, 2.05) is 6.08 Å². The summed E-state index contributed by atoms with van der Waals surface area (Å²) in [5, 5.41) is 0. The van der Waals surface area contributed by atoms with E-state index in [-0.39, 0.29) is 0 Å². The van der Waals surface area contributed by atoms with Crippen LogP contribution in [-0.2, 0) is 0 Å². The van der Waals surface area contributed by atoms with Crippen molar-refractivity contribution in [1.29, 1.82) is 0 Å². The van der Waals surface area contributed by atoms with Gasteiger partial charge >= 0.3 is 0 Å². The van der Waals surface area contributed by atoms with Crippen LogP contribution in [0.15, 0.2) is 158 Å². The van der Waals surface area contributed by atoms with Crippen molar-refractivity contribution < 1.29 is 0 Å². The Morgan fingerprint density at radius 1 is 0.429 bits per heavy atom. The minimum Gasteiger partial charge on any atom is -0.310 e. The lowest BCUT2D eigenvalue weighted by molar-refractivity contribution is 1.27. The molecule has 204 valence electrons. The van der Waals surface area contributed by atoms with Crippen molar-refractivity contribution >= 4 is 40.2 Å². The summed E-state index contributed by atoms with van der Waals surface area (Å²) in [6, 6.07) is 53.8. The Labute approximate surface area is 249 Å². The van der Waals surface area contributed by atoms with Gasteiger partial charge in [0, 0.05) is 34.1 Å². The highest BCUT2D eigenvalue weighted by Crippen LogP contribution is 2.39. The van der Waals surface area contributed by atoms with Crippen molar-refractivity contribution in [3.63, 3.8) is 0 Å². The Hall–Kier alpha value is -5.34. The third kappa shape index (κ3) is 5.61. The highest BCUT2D eigenvalue weighted by atomic mass is 15.1. The molecule has 0 aliphatic rings. The van der Waals surface area contributed by atoms with Gasteiger partial charge in [-0.05, 0) is 114 Å². The Bertz CT molecular complexity index is 1810. The monoisotopic (exact) mass is 542 g/mol. The van der Waals surface area contributed by atoms with Gasteiger partial charge in [-0.25, -0.2) is 0 Å². The molecule has 0 radical (unpaired) electrons. The van der Waals surface area contributed by atoms with E-state index in [0.29, 0.717) is 0 Å². The van der Waals surface area contributed by atoms with Gasteiger partial charge in [-0.2, -0.15) is 0 Å². The molecule has 0 amide bonds. The van der Waals surface area contributed by atoms with Crippen molar-refractivity contribution in [2.75, 3.05) is 9.80 Å². The number of para-hydroxylation sites is 2. The molecular formula is C40H34N2. The fraction of sp³-hybridized carbons (Fsp3) is 0.0500. The Kier molecular flexibility index (Phi) is 7.70. The average Bonchev–Trinajstić information content (AvgIpc) is 3.03. The molecule has 6 aromatic carbocycles. The number of nitrogens with zero attached hydrogens (tertiary/aromatic N) is 2. The molecule has 6 rings (SSSR count). The van der Waals surface area contributed by atoms with E-state index in [2.05, 4.69) is 182 Å². The van der Waals surface area contributed by atoms with E-state index in [0.717, 1.165) is 50.8 Å². The molecular weight excluding hydrogens is 508 g/mol. The molecule has 0 aliphatic carbocycles. The Morgan fingerprint density at radius 2 is 0.857 bits per heavy atom. The van der Waals surface area contributed by atoms with E-state index in [9.17, 15) is 0 Å². The second-order valence-electron chi connectivity index (χ2n) is 10.5. The molecule has 0 heterocycles. The van der Waals surface area contributed by atoms with Crippen LogP contribution in [-0.4, -0.2) is 0 Å². The second kappa shape index (κ2) is 12.0. The fourth-order valence-electron chi connectivity index (χ4n) is 5.49. The fourth-order valence-corrected chi connectivity index (χ4v) is 5.49. The largest absolute Gasteiger partial charge is 0.310 e. The zero-order valence-electron chi connectivity index (χ0n) is 24.1. The molecule has 42 heavy (non-hydrogen) atoms. The summed E-state index contributed by atoms with van der Waals surface area (Å²) in [6.07, 6.45) is 1.95. The zero-order valence-corrected chi connectivity index (χ0v) is 24.1. The van der Waals surface area contributed by atoms with Crippen molar-refractivity contribution in [2.24, 2.45) is 0 Å². The molecule has 0 atom stereocenters. The van der Waals surface area contributed by atoms with Gasteiger partial charge in [0.25, 0.3) is 0 Å². The number of anilines is 6. The van der Waals surface area contributed by atoms with Gasteiger partial charge in [-0.1, -0.05) is 91.5 Å². The lowest BCUT2D eigenvalue weighted by Crippen LogP contribution is -2.10. The normalized spacial score (nSPS) is 10.7. The molecule has 0 unspecified atom stereocenters. The molecule has 0 saturated heterocycles. The maximum Gasteiger partial charge on any atom is 0.0468 e. The standard InChI is InChI=1S/C40H34N2/c1-4-32-29-39(42(35-17-9-6-10-18-35)38-20-12-14-31(3)28-38)25-26-40(32)33-21-23-36(24-22-33)41(34-15-7-5-8-16-34)37-19-11-13-30(2)27-37/h4-29H,1H2,2-3H3. The molecule has 0 aromatic heterocycles. The summed E-state index contributed by atoms with van der Waals surface area (Å²) in [5.41, 5.74) is 12.6. The van der Waals surface area contributed by atoms with Crippen molar-refractivity contribution in [3.8, 4) is 11.1 Å². The highest BCUT2D eigenvalue weighted by molar-refractivity contribution is 5.84. The predicted molar refractivity (Wildman–Crippen MR) is 181 cm³/mol. The van der Waals surface area contributed by atoms with Crippen molar-refractivity contribution in [1.82, 2.24) is 0 Å². The number of rotatable bonds is 8. The molecule has 0 N–H and O–H groups in total. The first-order chi connectivity index (χ1) is 20.6. The number of hydrogen-bond acceptors (Lipinski definition) is 2. The molecule has 0 spiro atoms. The Morgan fingerprint density at radius 3 is 1.36 bits per heavy atom. The van der Waals surface area contributed by atoms with E-state index in [1.165, 1.54) is 11.1 Å². The molecule has 2 heteroatoms. The quantitative estimate of drug-likeness (QED) is 0.189. The van der Waals surface area contributed by atoms with Crippen LogP contribution < -0.4 is 9.80 Å². The SMILES string of the molecule is C=Cc1cc(N(c2ccccc2)c2cccc(C)c2)ccc1-c1ccc(N(c2ccccc2)c2cccc(C)c2)cc1. The second-order valence-corrected chi connectivity index (χ2v) is 10.5. The maximum absolute atomic E-state index is 4.18. The van der Waals surface area contributed by atoms with Crippen LogP contribution in [0.4, 0.5) is 34.1 Å². The minimum atomic E-state index is 1.09. The number of hydrogen-bond donors (Lipinski definition) is 0.